The molecule has 4 aromatic heterocycles. The number of fused-ring (bicyclic) bond motifs is 12. The summed E-state index contributed by atoms with van der Waals surface area (Å²) in [6.07, 6.45) is 0. The number of thiophene rings is 1. The highest BCUT2D eigenvalue weighted by Crippen LogP contribution is 2.44. The molecule has 0 atom stereocenters. The fourth-order valence-corrected chi connectivity index (χ4v) is 11.2. The maximum atomic E-state index is 6.75. The molecule has 4 heterocycles. The molecule has 0 amide bonds. The van der Waals surface area contributed by atoms with Gasteiger partial charge in [0.2, 0.25) is 0 Å². The van der Waals surface area contributed by atoms with Gasteiger partial charge in [-0.1, -0.05) is 146 Å². The molecule has 10 aromatic carbocycles. The van der Waals surface area contributed by atoms with Crippen LogP contribution in [0.2, 0.25) is 0 Å². The molecule has 0 spiro atoms. The molecule has 0 saturated heterocycles. The summed E-state index contributed by atoms with van der Waals surface area (Å²) in [4.78, 5) is 16.1. The van der Waals surface area contributed by atoms with Crippen molar-refractivity contribution < 1.29 is 4.42 Å². The van der Waals surface area contributed by atoms with Gasteiger partial charge in [0.25, 0.3) is 0 Å². The molecule has 14 aromatic rings. The van der Waals surface area contributed by atoms with Gasteiger partial charge >= 0.3 is 0 Å². The van der Waals surface area contributed by atoms with Gasteiger partial charge in [-0.25, -0.2) is 15.0 Å². The Hall–Kier alpha value is -8.45. The third kappa shape index (κ3) is 5.61. The minimum absolute atomic E-state index is 0.587. The molecule has 0 aliphatic rings. The lowest BCUT2D eigenvalue weighted by Gasteiger charge is -2.12. The quantitative estimate of drug-likeness (QED) is 0.173. The Morgan fingerprint density at radius 3 is 1.94 bits per heavy atom. The van der Waals surface area contributed by atoms with Crippen LogP contribution in [-0.4, -0.2) is 19.5 Å². The van der Waals surface area contributed by atoms with Gasteiger partial charge in [-0.2, -0.15) is 0 Å². The predicted molar refractivity (Wildman–Crippen MR) is 271 cm³/mol. The number of aromatic nitrogens is 4. The van der Waals surface area contributed by atoms with Gasteiger partial charge in [0, 0.05) is 64.1 Å². The van der Waals surface area contributed by atoms with Crippen molar-refractivity contribution in [1.29, 1.82) is 0 Å². The summed E-state index contributed by atoms with van der Waals surface area (Å²) < 4.78 is 11.5. The second-order valence-electron chi connectivity index (χ2n) is 16.7. The van der Waals surface area contributed by atoms with Gasteiger partial charge < -0.3 is 8.98 Å². The van der Waals surface area contributed by atoms with E-state index in [0.717, 1.165) is 76.4 Å². The number of hydrogen-bond donors (Lipinski definition) is 0. The Bertz CT molecular complexity index is 4260. The summed E-state index contributed by atoms with van der Waals surface area (Å²) in [6, 6.07) is 73.2. The van der Waals surface area contributed by atoms with Crippen LogP contribution in [0.4, 0.5) is 0 Å². The molecule has 65 heavy (non-hydrogen) atoms. The average molecular weight is 847 g/mol. The Morgan fingerprint density at radius 2 is 1.03 bits per heavy atom. The normalized spacial score (nSPS) is 12.0. The van der Waals surface area contributed by atoms with Crippen molar-refractivity contribution >= 4 is 96.8 Å². The first-order valence-corrected chi connectivity index (χ1v) is 22.7. The minimum atomic E-state index is 0.587. The van der Waals surface area contributed by atoms with Gasteiger partial charge in [-0.05, 0) is 93.3 Å². The molecule has 0 radical (unpaired) electrons. The first kappa shape index (κ1) is 36.1. The van der Waals surface area contributed by atoms with Crippen LogP contribution >= 0.6 is 11.3 Å². The number of nitrogens with zero attached hydrogens (tertiary/aromatic N) is 4. The molecule has 6 heteroatoms. The van der Waals surface area contributed by atoms with Gasteiger partial charge in [0.15, 0.2) is 17.5 Å². The first-order valence-electron chi connectivity index (χ1n) is 21.8. The Labute approximate surface area is 376 Å². The first-order chi connectivity index (χ1) is 32.2. The van der Waals surface area contributed by atoms with Gasteiger partial charge in [0.1, 0.15) is 11.2 Å². The molecule has 0 N–H and O–H groups in total. The van der Waals surface area contributed by atoms with Gasteiger partial charge in [-0.15, -0.1) is 11.3 Å². The molecule has 0 bridgehead atoms. The Kier molecular flexibility index (Phi) is 7.79. The maximum Gasteiger partial charge on any atom is 0.165 e. The molecule has 0 aliphatic heterocycles. The monoisotopic (exact) mass is 846 g/mol. The fourth-order valence-electron chi connectivity index (χ4n) is 10.0. The highest BCUT2D eigenvalue weighted by molar-refractivity contribution is 7.26. The van der Waals surface area contributed by atoms with Crippen LogP contribution in [0.15, 0.2) is 211 Å². The summed E-state index contributed by atoms with van der Waals surface area (Å²) in [5.74, 6) is 1.82. The van der Waals surface area contributed by atoms with E-state index in [2.05, 4.69) is 199 Å². The molecular weight excluding hydrogens is 813 g/mol. The van der Waals surface area contributed by atoms with E-state index in [-0.39, 0.29) is 0 Å². The minimum Gasteiger partial charge on any atom is -0.456 e. The van der Waals surface area contributed by atoms with Gasteiger partial charge in [0.05, 0.1) is 11.0 Å². The van der Waals surface area contributed by atoms with Crippen molar-refractivity contribution in [3.63, 3.8) is 0 Å². The van der Waals surface area contributed by atoms with Crippen LogP contribution in [0.5, 0.6) is 0 Å². The topological polar surface area (TPSA) is 56.7 Å². The summed E-state index contributed by atoms with van der Waals surface area (Å²) in [5, 5.41) is 11.5. The average Bonchev–Trinajstić information content (AvgIpc) is 4.05. The van der Waals surface area contributed by atoms with Crippen molar-refractivity contribution in [3.8, 4) is 51.0 Å². The van der Waals surface area contributed by atoms with E-state index in [1.54, 1.807) is 11.3 Å². The van der Waals surface area contributed by atoms with Crippen LogP contribution < -0.4 is 0 Å². The van der Waals surface area contributed by atoms with Crippen LogP contribution in [0.3, 0.4) is 0 Å². The fraction of sp³-hybridized carbons (Fsp3) is 0. The van der Waals surface area contributed by atoms with E-state index < -0.39 is 0 Å². The molecular formula is C59H34N4OS. The van der Waals surface area contributed by atoms with Crippen molar-refractivity contribution in [2.75, 3.05) is 0 Å². The Balaban J connectivity index is 1.03. The number of para-hydroxylation sites is 1. The maximum absolute atomic E-state index is 6.75. The molecule has 302 valence electrons. The number of rotatable bonds is 5. The third-order valence-electron chi connectivity index (χ3n) is 13.0. The standard InChI is InChI=1S/C59H34N4OS/c1-2-13-35(14-3-1)37-17-10-18-40(31-37)57-60-58(62-59(61-57)46-23-11-21-44-43-20-7-9-26-53(43)65-56(44)46)45-22-12-25-51-54(45)55-47-34-41(29-27-36(47)28-30-52(55)64-51)63-49-24-8-6-19-42(49)48-32-38-15-4-5-16-39(38)33-50(48)63/h1-34H. The van der Waals surface area contributed by atoms with Gasteiger partial charge in [-0.3, -0.25) is 0 Å². The van der Waals surface area contributed by atoms with Crippen molar-refractivity contribution in [3.05, 3.63) is 206 Å². The zero-order valence-corrected chi connectivity index (χ0v) is 35.6. The largest absolute Gasteiger partial charge is 0.456 e. The number of benzene rings is 10. The second-order valence-corrected chi connectivity index (χ2v) is 17.8. The van der Waals surface area contributed by atoms with E-state index in [1.165, 1.54) is 42.5 Å². The van der Waals surface area contributed by atoms with Crippen LogP contribution in [-0.2, 0) is 0 Å². The third-order valence-corrected chi connectivity index (χ3v) is 14.2. The second kappa shape index (κ2) is 14.0. The summed E-state index contributed by atoms with van der Waals surface area (Å²) in [7, 11) is 0. The molecule has 14 rings (SSSR count). The van der Waals surface area contributed by atoms with Crippen LogP contribution in [0.1, 0.15) is 0 Å². The zero-order valence-electron chi connectivity index (χ0n) is 34.7. The smallest absolute Gasteiger partial charge is 0.165 e. The SMILES string of the molecule is c1ccc(-c2cccc(-c3nc(-c4cccc5c4sc4ccccc45)nc(-c4cccc5oc6ccc7ccc(-n8c9ccccc9c9cc%10ccccc%10cc98)cc7c6c45)n3)c2)cc1. The van der Waals surface area contributed by atoms with E-state index in [1.807, 2.05) is 12.1 Å². The van der Waals surface area contributed by atoms with Crippen LogP contribution in [0.25, 0.3) is 136 Å². The summed E-state index contributed by atoms with van der Waals surface area (Å²) >= 11 is 1.78. The van der Waals surface area contributed by atoms with E-state index in [0.29, 0.717) is 17.5 Å². The lowest BCUT2D eigenvalue weighted by Crippen LogP contribution is -2.00. The van der Waals surface area contributed by atoms with Crippen molar-refractivity contribution in [2.24, 2.45) is 0 Å². The lowest BCUT2D eigenvalue weighted by atomic mass is 9.99. The Morgan fingerprint density at radius 1 is 0.369 bits per heavy atom. The van der Waals surface area contributed by atoms with E-state index >= 15 is 0 Å². The summed E-state index contributed by atoms with van der Waals surface area (Å²) in [5.41, 5.74) is 10.0. The van der Waals surface area contributed by atoms with Crippen molar-refractivity contribution in [2.45, 2.75) is 0 Å². The van der Waals surface area contributed by atoms with E-state index in [9.17, 15) is 0 Å². The van der Waals surface area contributed by atoms with Crippen LogP contribution in [0, 0.1) is 0 Å². The predicted octanol–water partition coefficient (Wildman–Crippen LogP) is 16.2. The molecule has 0 unspecified atom stereocenters. The summed E-state index contributed by atoms with van der Waals surface area (Å²) in [6.45, 7) is 0. The van der Waals surface area contributed by atoms with Crippen molar-refractivity contribution in [1.82, 2.24) is 19.5 Å². The number of furan rings is 1. The van der Waals surface area contributed by atoms with E-state index in [4.69, 9.17) is 19.4 Å². The lowest BCUT2D eigenvalue weighted by molar-refractivity contribution is 0.669. The highest BCUT2D eigenvalue weighted by Gasteiger charge is 2.22. The highest BCUT2D eigenvalue weighted by atomic mass is 32.1. The molecule has 0 aliphatic carbocycles. The number of hydrogen-bond acceptors (Lipinski definition) is 5. The zero-order chi connectivity index (χ0) is 42.6. The molecule has 0 fully saturated rings. The molecule has 5 nitrogen and oxygen atoms in total. The molecule has 0 saturated carbocycles.